The topological polar surface area (TPSA) is 20.3 Å². The van der Waals surface area contributed by atoms with Gasteiger partial charge in [-0.3, -0.25) is 4.79 Å². The number of hydrogen-bond donors (Lipinski definition) is 0. The second-order valence-corrected chi connectivity index (χ2v) is 5.69. The molecule has 2 rings (SSSR count). The summed E-state index contributed by atoms with van der Waals surface area (Å²) in [5.74, 6) is -0.884. The number of benzene rings is 2. The Balaban J connectivity index is 2.40. The van der Waals surface area contributed by atoms with Gasteiger partial charge in [-0.25, -0.2) is 4.39 Å². The van der Waals surface area contributed by atoms with Gasteiger partial charge in [0.05, 0.1) is 5.56 Å². The minimum absolute atomic E-state index is 0.0573. The first kappa shape index (κ1) is 14.7. The van der Waals surface area contributed by atoms with Gasteiger partial charge in [-0.1, -0.05) is 33.6 Å². The van der Waals surface area contributed by atoms with Gasteiger partial charge in [0, 0.05) is 17.2 Å². The fourth-order valence-electron chi connectivity index (χ4n) is 2.13. The lowest BCUT2D eigenvalue weighted by Crippen LogP contribution is -2.27. The first-order valence-corrected chi connectivity index (χ1v) is 7.00. The molecule has 20 heavy (non-hydrogen) atoms. The van der Waals surface area contributed by atoms with Crippen LogP contribution in [0.15, 0.2) is 40.9 Å². The number of rotatable bonds is 2. The van der Waals surface area contributed by atoms with E-state index >= 15 is 0 Å². The molecule has 104 valence electrons. The van der Waals surface area contributed by atoms with Crippen molar-refractivity contribution < 1.29 is 9.18 Å². The summed E-state index contributed by atoms with van der Waals surface area (Å²) < 4.78 is 14.5. The van der Waals surface area contributed by atoms with Crippen LogP contribution in [-0.4, -0.2) is 13.0 Å². The lowest BCUT2D eigenvalue weighted by molar-refractivity contribution is 0.0989. The normalized spacial score (nSPS) is 10.4. The van der Waals surface area contributed by atoms with Crippen LogP contribution >= 0.6 is 15.9 Å². The predicted molar refractivity (Wildman–Crippen MR) is 82.7 cm³/mol. The number of aryl methyl sites for hydroxylation is 2. The molecule has 0 spiro atoms. The molecule has 4 heteroatoms. The van der Waals surface area contributed by atoms with Crippen LogP contribution in [0.3, 0.4) is 0 Å². The van der Waals surface area contributed by atoms with Gasteiger partial charge in [0.25, 0.3) is 5.91 Å². The molecule has 0 aliphatic rings. The highest BCUT2D eigenvalue weighted by Crippen LogP contribution is 2.23. The Morgan fingerprint density at radius 3 is 2.50 bits per heavy atom. The molecule has 0 bridgehead atoms. The summed E-state index contributed by atoms with van der Waals surface area (Å²) in [5.41, 5.74) is 2.94. The Morgan fingerprint density at radius 1 is 1.15 bits per heavy atom. The van der Waals surface area contributed by atoms with Gasteiger partial charge in [-0.2, -0.15) is 0 Å². The Morgan fingerprint density at radius 2 is 1.85 bits per heavy atom. The summed E-state index contributed by atoms with van der Waals surface area (Å²) in [6, 6.07) is 10.2. The molecule has 0 aromatic heterocycles. The number of anilines is 1. The lowest BCUT2D eigenvalue weighted by Gasteiger charge is -2.20. The van der Waals surface area contributed by atoms with Crippen molar-refractivity contribution in [3.05, 3.63) is 63.4 Å². The number of nitrogens with zero attached hydrogens (tertiary/aromatic N) is 1. The summed E-state index contributed by atoms with van der Waals surface area (Å²) in [4.78, 5) is 13.9. The van der Waals surface area contributed by atoms with Crippen LogP contribution in [0.25, 0.3) is 0 Å². The van der Waals surface area contributed by atoms with Crippen LogP contribution in [-0.2, 0) is 0 Å². The summed E-state index contributed by atoms with van der Waals surface area (Å²) in [6.45, 7) is 3.93. The molecule has 1 amide bonds. The van der Waals surface area contributed by atoms with Gasteiger partial charge >= 0.3 is 0 Å². The standard InChI is InChI=1S/C16H15BrFNO/c1-10-4-7-15(11(2)8-10)19(3)16(20)13-9-12(17)5-6-14(13)18/h4-9H,1-3H3. The first-order chi connectivity index (χ1) is 9.40. The van der Waals surface area contributed by atoms with Crippen LogP contribution < -0.4 is 4.90 Å². The Labute approximate surface area is 126 Å². The zero-order valence-corrected chi connectivity index (χ0v) is 13.2. The molecule has 0 heterocycles. The maximum atomic E-state index is 13.8. The van der Waals surface area contributed by atoms with Crippen molar-refractivity contribution in [2.75, 3.05) is 11.9 Å². The number of carbonyl (C=O) groups is 1. The average Bonchev–Trinajstić information content (AvgIpc) is 2.40. The van der Waals surface area contributed by atoms with E-state index in [0.29, 0.717) is 4.47 Å². The van der Waals surface area contributed by atoms with Crippen LogP contribution in [0.2, 0.25) is 0 Å². The summed E-state index contributed by atoms with van der Waals surface area (Å²) >= 11 is 3.26. The summed E-state index contributed by atoms with van der Waals surface area (Å²) in [7, 11) is 1.65. The quantitative estimate of drug-likeness (QED) is 0.792. The molecule has 0 N–H and O–H groups in total. The van der Waals surface area contributed by atoms with E-state index in [1.54, 1.807) is 13.1 Å². The van der Waals surface area contributed by atoms with Crippen LogP contribution in [0.5, 0.6) is 0 Å². The molecular formula is C16H15BrFNO. The van der Waals surface area contributed by atoms with E-state index < -0.39 is 5.82 Å². The molecule has 0 atom stereocenters. The van der Waals surface area contributed by atoms with Crippen LogP contribution in [0, 0.1) is 19.7 Å². The molecule has 2 aromatic rings. The molecule has 2 nitrogen and oxygen atoms in total. The predicted octanol–water partition coefficient (Wildman–Crippen LogP) is 4.48. The second-order valence-electron chi connectivity index (χ2n) is 4.78. The number of halogens is 2. The van der Waals surface area contributed by atoms with Crippen molar-refractivity contribution in [3.63, 3.8) is 0 Å². The maximum absolute atomic E-state index is 13.8. The van der Waals surface area contributed by atoms with E-state index in [2.05, 4.69) is 15.9 Å². The Hall–Kier alpha value is -1.68. The minimum atomic E-state index is -0.519. The molecule has 0 saturated carbocycles. The van der Waals surface area contributed by atoms with E-state index in [0.717, 1.165) is 16.8 Å². The van der Waals surface area contributed by atoms with E-state index in [1.807, 2.05) is 32.0 Å². The van der Waals surface area contributed by atoms with Gasteiger partial charge in [0.15, 0.2) is 0 Å². The Bertz CT molecular complexity index is 670. The fraction of sp³-hybridized carbons (Fsp3) is 0.188. The van der Waals surface area contributed by atoms with E-state index in [-0.39, 0.29) is 11.5 Å². The number of carbonyl (C=O) groups excluding carboxylic acids is 1. The lowest BCUT2D eigenvalue weighted by atomic mass is 10.1. The second kappa shape index (κ2) is 5.75. The molecule has 0 unspecified atom stereocenters. The highest BCUT2D eigenvalue weighted by Gasteiger charge is 2.19. The average molecular weight is 336 g/mol. The van der Waals surface area contributed by atoms with Crippen LogP contribution in [0.4, 0.5) is 10.1 Å². The molecule has 0 aliphatic heterocycles. The fourth-order valence-corrected chi connectivity index (χ4v) is 2.49. The van der Waals surface area contributed by atoms with Gasteiger partial charge in [-0.05, 0) is 43.7 Å². The molecule has 0 saturated heterocycles. The largest absolute Gasteiger partial charge is 0.311 e. The third-order valence-corrected chi connectivity index (χ3v) is 3.67. The molecular weight excluding hydrogens is 321 g/mol. The van der Waals surface area contributed by atoms with Crippen molar-refractivity contribution in [3.8, 4) is 0 Å². The highest BCUT2D eigenvalue weighted by molar-refractivity contribution is 9.10. The van der Waals surface area contributed by atoms with Crippen molar-refractivity contribution in [1.29, 1.82) is 0 Å². The zero-order valence-electron chi connectivity index (χ0n) is 11.6. The number of hydrogen-bond acceptors (Lipinski definition) is 1. The molecule has 0 fully saturated rings. The summed E-state index contributed by atoms with van der Waals surface area (Å²) in [6.07, 6.45) is 0. The van der Waals surface area contributed by atoms with Crippen molar-refractivity contribution in [1.82, 2.24) is 0 Å². The van der Waals surface area contributed by atoms with Gasteiger partial charge in [-0.15, -0.1) is 0 Å². The third-order valence-electron chi connectivity index (χ3n) is 3.18. The smallest absolute Gasteiger partial charge is 0.261 e. The first-order valence-electron chi connectivity index (χ1n) is 6.20. The monoisotopic (exact) mass is 335 g/mol. The van der Waals surface area contributed by atoms with Gasteiger partial charge < -0.3 is 4.90 Å². The van der Waals surface area contributed by atoms with Crippen molar-refractivity contribution >= 4 is 27.5 Å². The highest BCUT2D eigenvalue weighted by atomic mass is 79.9. The number of amides is 1. The molecule has 2 aromatic carbocycles. The van der Waals surface area contributed by atoms with Gasteiger partial charge in [0.1, 0.15) is 5.82 Å². The van der Waals surface area contributed by atoms with Gasteiger partial charge in [0.2, 0.25) is 0 Å². The molecule has 0 aliphatic carbocycles. The minimum Gasteiger partial charge on any atom is -0.311 e. The van der Waals surface area contributed by atoms with E-state index in [1.165, 1.54) is 17.0 Å². The van der Waals surface area contributed by atoms with Crippen LogP contribution in [0.1, 0.15) is 21.5 Å². The zero-order chi connectivity index (χ0) is 14.9. The van der Waals surface area contributed by atoms with E-state index in [4.69, 9.17) is 0 Å². The van der Waals surface area contributed by atoms with E-state index in [9.17, 15) is 9.18 Å². The van der Waals surface area contributed by atoms with Crippen molar-refractivity contribution in [2.24, 2.45) is 0 Å². The maximum Gasteiger partial charge on any atom is 0.261 e. The molecule has 0 radical (unpaired) electrons. The Kier molecular flexibility index (Phi) is 4.23. The summed E-state index contributed by atoms with van der Waals surface area (Å²) in [5, 5.41) is 0. The SMILES string of the molecule is Cc1ccc(N(C)C(=O)c2cc(Br)ccc2F)c(C)c1. The van der Waals surface area contributed by atoms with Crippen molar-refractivity contribution in [2.45, 2.75) is 13.8 Å². The third kappa shape index (κ3) is 2.90.